The van der Waals surface area contributed by atoms with Gasteiger partial charge in [-0.1, -0.05) is 110 Å². The molecule has 37 nitrogen and oxygen atoms in total. The molecule has 14 heterocycles. The van der Waals surface area contributed by atoms with E-state index in [1.54, 1.807) is 233 Å². The van der Waals surface area contributed by atoms with Crippen molar-refractivity contribution in [3.8, 4) is 11.1 Å². The van der Waals surface area contributed by atoms with Crippen molar-refractivity contribution in [3.63, 3.8) is 0 Å². The number of hydrogen-bond acceptors (Lipinski definition) is 27. The molecule has 4 saturated heterocycles. The first-order valence-electron chi connectivity index (χ1n) is 46.7. The van der Waals surface area contributed by atoms with E-state index in [0.717, 1.165) is 89.4 Å². The number of piperidine rings is 1. The summed E-state index contributed by atoms with van der Waals surface area (Å²) in [4.78, 5) is 89.3. The Morgan fingerprint density at radius 2 is 0.774 bits per heavy atom. The maximum absolute atomic E-state index is 13.0. The van der Waals surface area contributed by atoms with Crippen LogP contribution in [0.1, 0.15) is 104 Å². The first-order chi connectivity index (χ1) is 70.5. The second-order valence-corrected chi connectivity index (χ2v) is 46.2. The molecule has 0 aliphatic carbocycles. The fourth-order valence-electron chi connectivity index (χ4n) is 16.3. The molecule has 146 heavy (non-hydrogen) atoms. The lowest BCUT2D eigenvalue weighted by atomic mass is 10.1. The maximum atomic E-state index is 13.0. The molecule has 4 aliphatic rings. The van der Waals surface area contributed by atoms with Gasteiger partial charge >= 0.3 is 0 Å². The summed E-state index contributed by atoms with van der Waals surface area (Å²) in [5, 5.41) is 29.9. The molecule has 7 aromatic carbocycles. The van der Waals surface area contributed by atoms with Crippen LogP contribution in [-0.2, 0) is 82.7 Å². The Hall–Kier alpha value is -14.5. The van der Waals surface area contributed by atoms with Gasteiger partial charge in [-0.15, -0.1) is 22.7 Å². The number of hydrogen-bond donors (Lipinski definition) is 9. The SMILES string of the molecule is NC1CCN(S(=O)(=O)c2ccc(CNC(=O)c3cc4ccncc4s3)cc2)C1.O=C(NCc1ccc(S(=O)(=O)N2CCCCC2)cc1)c1cnc2[nH]ncc2c1.O=C(NCc1ccc(S(=O)(=O)N2CCNCC2)cc1)c1cc2ccncc2s1.O=C(NCc1ccc(S(=O)(=O)N2CCNCC2)cc1)c1ccc2nccn2c1.O=C(NCc1ccc(S(=O)(=O)c2ccc(-c3ccccc3)cc2)cc1)c1cnc2nccn2c1. The van der Waals surface area contributed by atoms with E-state index in [0.29, 0.717) is 154 Å². The summed E-state index contributed by atoms with van der Waals surface area (Å²) in [6, 6.07) is 62.3. The Bertz CT molecular complexity index is 7530. The van der Waals surface area contributed by atoms with E-state index in [4.69, 9.17) is 5.73 Å². The molecule has 5 amide bonds. The molecule has 0 spiro atoms. The number of sulfonamides is 4. The van der Waals surface area contributed by atoms with Crippen LogP contribution in [0.15, 0.2) is 328 Å². The number of fused-ring (bicyclic) bond motifs is 5. The van der Waals surface area contributed by atoms with Gasteiger partial charge in [-0.2, -0.15) is 22.3 Å². The second-order valence-electron chi connectivity index (χ2n) is 34.4. The predicted octanol–water partition coefficient (Wildman–Crippen LogP) is 10.8. The van der Waals surface area contributed by atoms with Gasteiger partial charge in [0.05, 0.1) is 71.4 Å². The fraction of sp³-hybridized carbons (Fsp3) is 0.216. The van der Waals surface area contributed by atoms with Crippen LogP contribution in [0.2, 0.25) is 0 Å². The number of pyridine rings is 4. The summed E-state index contributed by atoms with van der Waals surface area (Å²) in [6.07, 6.45) is 25.2. The largest absolute Gasteiger partial charge is 0.348 e. The van der Waals surface area contributed by atoms with Crippen LogP contribution in [0.4, 0.5) is 0 Å². The highest BCUT2D eigenvalue weighted by atomic mass is 32.2. The number of aromatic amines is 1. The quantitative estimate of drug-likeness (QED) is 0.0243. The van der Waals surface area contributed by atoms with Gasteiger partial charge in [-0.25, -0.2) is 62.0 Å². The van der Waals surface area contributed by atoms with E-state index in [9.17, 15) is 66.1 Å². The average Bonchev–Trinajstić information content (AvgIpc) is 1.26. The molecule has 0 radical (unpaired) electrons. The third-order valence-electron chi connectivity index (χ3n) is 24.5. The highest BCUT2D eigenvalue weighted by Crippen LogP contribution is 2.31. The summed E-state index contributed by atoms with van der Waals surface area (Å²) >= 11 is 2.79. The third kappa shape index (κ3) is 25.3. The summed E-state index contributed by atoms with van der Waals surface area (Å²) in [6.45, 7) is 8.03. The molecule has 1 unspecified atom stereocenters. The van der Waals surface area contributed by atoms with E-state index in [2.05, 4.69) is 77.3 Å². The number of aromatic nitrogens is 10. The van der Waals surface area contributed by atoms with Gasteiger partial charge in [-0.05, 0) is 184 Å². The van der Waals surface area contributed by atoms with E-state index >= 15 is 0 Å². The van der Waals surface area contributed by atoms with Crippen LogP contribution in [0, 0.1) is 0 Å². The Morgan fingerprint density at radius 3 is 1.25 bits per heavy atom. The van der Waals surface area contributed by atoms with E-state index in [1.165, 1.54) is 48.0 Å². The monoisotopic (exact) mass is 2100 g/mol. The van der Waals surface area contributed by atoms with Crippen LogP contribution in [0.25, 0.3) is 53.8 Å². The predicted molar refractivity (Wildman–Crippen MR) is 554 cm³/mol. The number of H-pyrrole nitrogens is 1. The van der Waals surface area contributed by atoms with E-state index in [1.807, 2.05) is 66.7 Å². The Kier molecular flexibility index (Phi) is 32.9. The van der Waals surface area contributed by atoms with Crippen molar-refractivity contribution in [2.45, 2.75) is 93.8 Å². The van der Waals surface area contributed by atoms with Crippen LogP contribution in [0.3, 0.4) is 0 Å². The molecule has 4 fully saturated rings. The van der Waals surface area contributed by atoms with Crippen molar-refractivity contribution in [1.29, 1.82) is 0 Å². The van der Waals surface area contributed by atoms with Gasteiger partial charge in [0.1, 0.15) is 5.65 Å². The van der Waals surface area contributed by atoms with Gasteiger partial charge in [-0.3, -0.25) is 43.4 Å². The maximum Gasteiger partial charge on any atom is 0.261 e. The summed E-state index contributed by atoms with van der Waals surface area (Å²) in [5.74, 6) is -0.530. The number of carbonyl (C=O) groups excluding carboxylic acids is 5. The van der Waals surface area contributed by atoms with Crippen molar-refractivity contribution >= 4 is 145 Å². The number of piperazine rings is 2. The molecule has 4 aliphatic heterocycles. The van der Waals surface area contributed by atoms with Crippen LogP contribution in [-0.4, -0.2) is 222 Å². The molecule has 21 rings (SSSR count). The van der Waals surface area contributed by atoms with Crippen molar-refractivity contribution < 1.29 is 66.1 Å². The number of nitrogens with one attached hydrogen (secondary N) is 8. The highest BCUT2D eigenvalue weighted by Gasteiger charge is 2.33. The standard InChI is InChI=1S/C26H20N4O3S.2C19H21N5O3S.2C19H20N4O3S2/c31-25(22-17-29-26-27-14-15-30(26)18-22)28-16-19-6-10-23(11-7-19)34(32,33)24-12-8-21(9-13-24)20-4-2-1-3-5-20;25-19(16-3-6-18-21-9-10-23(18)14-16)22-13-15-1-4-17(5-2-15)28(26,27)24-11-7-20-8-12-24;25-19(16-10-15-13-22-23-18(15)20-12-16)21-11-14-4-6-17(7-5-14)28(26,27)24-8-2-1-3-9-24;20-15-6-8-23(12-15)28(25,26)16-3-1-13(2-4-16)10-22-19(24)17-9-14-5-7-21-11-18(14)27-17;24-19(17-11-15-5-6-21-13-18(15)27-17)22-12-14-1-3-16(4-2-14)28(25,26)23-9-7-20-8-10-23/h1-15,17-18H,16H2,(H,28,31);1-6,9-10,14,20H,7-8,11-13H2,(H,22,25);4-7,10,12-13H,1-3,8-9,11H2,(H,21,25)(H,20,22,23);1-5,7,9,11,15H,6,8,10,12,20H2,(H,22,24);1-6,11,13,20H,7-10,12H2,(H,22,24). The molecular weight excluding hydrogens is 2000 g/mol. The summed E-state index contributed by atoms with van der Waals surface area (Å²) in [5.41, 5.74) is 14.7. The number of imidazole rings is 2. The highest BCUT2D eigenvalue weighted by molar-refractivity contribution is 7.91. The minimum absolute atomic E-state index is 0.103. The Balaban J connectivity index is 0.000000125. The number of benzene rings is 7. The Morgan fingerprint density at radius 1 is 0.363 bits per heavy atom. The van der Waals surface area contributed by atoms with Crippen molar-refractivity contribution in [3.05, 3.63) is 353 Å². The molecule has 17 aromatic rings. The molecule has 0 bridgehead atoms. The smallest absolute Gasteiger partial charge is 0.261 e. The Labute approximate surface area is 850 Å². The molecule has 1 atom stereocenters. The van der Waals surface area contributed by atoms with Gasteiger partial charge in [0.15, 0.2) is 5.65 Å². The average molecular weight is 2100 g/mol. The number of rotatable bonds is 26. The normalized spacial score (nSPS) is 15.0. The van der Waals surface area contributed by atoms with Gasteiger partial charge in [0.25, 0.3) is 29.5 Å². The van der Waals surface area contributed by atoms with Crippen molar-refractivity contribution in [2.24, 2.45) is 5.73 Å². The number of amides is 5. The number of carbonyl (C=O) groups is 5. The van der Waals surface area contributed by atoms with Crippen LogP contribution < -0.4 is 43.0 Å². The molecule has 10 N–H and O–H groups in total. The lowest BCUT2D eigenvalue weighted by Crippen LogP contribution is -2.46. The van der Waals surface area contributed by atoms with Gasteiger partial charge in [0, 0.05) is 197 Å². The minimum Gasteiger partial charge on any atom is -0.348 e. The lowest BCUT2D eigenvalue weighted by Gasteiger charge is -2.26. The zero-order valence-corrected chi connectivity index (χ0v) is 84.3. The summed E-state index contributed by atoms with van der Waals surface area (Å²) in [7, 11) is -17.5. The first-order valence-corrected chi connectivity index (χ1v) is 55.5. The molecule has 44 heteroatoms. The van der Waals surface area contributed by atoms with E-state index in [-0.39, 0.29) is 66.6 Å². The molecule has 0 saturated carbocycles. The topological polar surface area (TPSA) is 494 Å². The minimum atomic E-state index is -3.65. The first kappa shape index (κ1) is 103. The van der Waals surface area contributed by atoms with Crippen LogP contribution >= 0.6 is 22.7 Å². The summed E-state index contributed by atoms with van der Waals surface area (Å²) < 4.78 is 139. The van der Waals surface area contributed by atoms with Crippen LogP contribution in [0.5, 0.6) is 0 Å². The number of thiophene rings is 2. The zero-order valence-electron chi connectivity index (χ0n) is 78.6. The van der Waals surface area contributed by atoms with Crippen molar-refractivity contribution in [1.82, 2.24) is 103 Å². The van der Waals surface area contributed by atoms with Crippen molar-refractivity contribution in [2.75, 3.05) is 78.5 Å². The fourth-order valence-corrected chi connectivity index (χ4v) is 25.3. The third-order valence-corrected chi connectivity index (χ3v) is 36.0. The molecular formula is C102H102N22O15S7. The lowest BCUT2D eigenvalue weighted by molar-refractivity contribution is 0.0942. The number of nitrogens with two attached hydrogens (primary N) is 1. The molecule has 752 valence electrons. The second kappa shape index (κ2) is 46.7. The number of nitrogens with zero attached hydrogens (tertiary/aromatic N) is 13. The van der Waals surface area contributed by atoms with Gasteiger partial charge in [0.2, 0.25) is 55.7 Å². The van der Waals surface area contributed by atoms with Gasteiger partial charge < -0.3 is 47.4 Å². The number of sulfone groups is 1. The molecule has 10 aromatic heterocycles. The zero-order chi connectivity index (χ0) is 102. The van der Waals surface area contributed by atoms with E-state index < -0.39 is 49.9 Å².